The molecule has 0 bridgehead atoms. The molecule has 7 atom stereocenters. The third-order valence-electron chi connectivity index (χ3n) is 14.3. The molecule has 2 saturated heterocycles. The first-order valence-electron chi connectivity index (χ1n) is 27.3. The van der Waals surface area contributed by atoms with Crippen molar-refractivity contribution >= 4 is 74.9 Å². The van der Waals surface area contributed by atoms with Gasteiger partial charge in [-0.3, -0.25) is 43.8 Å². The lowest BCUT2D eigenvalue weighted by Crippen LogP contribution is -2.60. The zero-order valence-electron chi connectivity index (χ0n) is 44.9. The summed E-state index contributed by atoms with van der Waals surface area (Å²) in [6.07, 6.45) is 2.83. The van der Waals surface area contributed by atoms with Crippen LogP contribution in [0.15, 0.2) is 103 Å². The summed E-state index contributed by atoms with van der Waals surface area (Å²) >= 11 is 0. The van der Waals surface area contributed by atoms with E-state index in [0.717, 1.165) is 39.2 Å². The number of aromatic nitrogens is 1. The zero-order valence-corrected chi connectivity index (χ0v) is 44.9. The van der Waals surface area contributed by atoms with Crippen LogP contribution in [0.2, 0.25) is 0 Å². The van der Waals surface area contributed by atoms with Gasteiger partial charge in [0.2, 0.25) is 47.3 Å². The Kier molecular flexibility index (Phi) is 21.3. The molecule has 12 N–H and O–H groups in total. The van der Waals surface area contributed by atoms with Crippen molar-refractivity contribution < 1.29 is 43.1 Å². The summed E-state index contributed by atoms with van der Waals surface area (Å²) in [5.74, 6) is -5.14. The molecule has 4 aromatic carbocycles. The summed E-state index contributed by atoms with van der Waals surface area (Å²) in [6, 6.07) is 22.7. The van der Waals surface area contributed by atoms with Crippen molar-refractivity contribution in [2.75, 3.05) is 26.2 Å². The van der Waals surface area contributed by atoms with Crippen LogP contribution in [0.1, 0.15) is 88.3 Å². The van der Waals surface area contributed by atoms with E-state index < -0.39 is 89.6 Å². The molecule has 0 spiro atoms. The molecule has 0 saturated carbocycles. The van der Waals surface area contributed by atoms with E-state index in [0.29, 0.717) is 12.0 Å². The van der Waals surface area contributed by atoms with Gasteiger partial charge in [0.1, 0.15) is 36.3 Å². The molecule has 0 radical (unpaired) electrons. The predicted octanol–water partition coefficient (Wildman–Crippen LogP) is 2.61. The number of rotatable bonds is 17. The average Bonchev–Trinajstić information content (AvgIpc) is 4.09. The Morgan fingerprint density at radius 3 is 2.22 bits per heavy atom. The van der Waals surface area contributed by atoms with Crippen LogP contribution >= 0.6 is 0 Å². The smallest absolute Gasteiger partial charge is 0.245 e. The number of para-hydroxylation sites is 1. The van der Waals surface area contributed by atoms with Crippen molar-refractivity contribution in [1.29, 1.82) is 5.41 Å². The van der Waals surface area contributed by atoms with Crippen molar-refractivity contribution in [1.82, 2.24) is 52.4 Å². The molecule has 2 unspecified atom stereocenters. The highest BCUT2D eigenvalue weighted by Crippen LogP contribution is 2.26. The highest BCUT2D eigenvalue weighted by atomic mass is 16.5. The van der Waals surface area contributed by atoms with Crippen molar-refractivity contribution in [3.05, 3.63) is 120 Å². The van der Waals surface area contributed by atoms with Gasteiger partial charge in [0, 0.05) is 75.9 Å². The Labute approximate surface area is 459 Å². The maximum absolute atomic E-state index is 15.2. The van der Waals surface area contributed by atoms with Crippen molar-refractivity contribution in [2.24, 2.45) is 5.73 Å². The highest BCUT2D eigenvalue weighted by Gasteiger charge is 2.44. The number of ether oxygens (including phenoxy) is 1. The average molecular weight is 1080 g/mol. The molecule has 420 valence electrons. The first-order valence-corrected chi connectivity index (χ1v) is 27.3. The van der Waals surface area contributed by atoms with E-state index in [1.807, 2.05) is 104 Å². The van der Waals surface area contributed by atoms with E-state index in [9.17, 15) is 24.0 Å². The van der Waals surface area contributed by atoms with Crippen LogP contribution in [0.25, 0.3) is 21.7 Å². The van der Waals surface area contributed by atoms with Crippen LogP contribution in [0.4, 0.5) is 0 Å². The Balaban J connectivity index is 1.26. The van der Waals surface area contributed by atoms with Crippen molar-refractivity contribution in [3.8, 4) is 0 Å². The number of aromatic amines is 1. The first-order chi connectivity index (χ1) is 38.2. The number of amides is 8. The standard InChI is InChI=1S/C58H74N12O9/c1-3-4-22-45(65-36(2)71)53(74)67-47-25-26-51(72)61-28-14-29-62-52(73)48(31-40-33-64-44-23-11-10-21-43(40)44)68-54(75)46(24-13-27-63-58(59)60)66-55(76)49(30-39-19-12-18-38-17-8-9-20-42(38)39)69-56(77)50-32-41(34-70(50)57(47)78)79-35-37-15-6-5-7-16-37/h5-12,15-21,23,33,41,45-50,64H,3-4,13-14,22,24-32,34-35H2,1-2H3,(H,61,72)(H,62,73)(H,65,71)(H,66,76)(H,67,74)(H,68,75)(H,69,77)(H4,59,60,63)/t41?,45-,46-,47-,48-,49+,50?/m0/s1. The number of benzene rings is 4. The molecule has 0 aliphatic carbocycles. The molecule has 5 aromatic rings. The fourth-order valence-electron chi connectivity index (χ4n) is 10.1. The highest BCUT2D eigenvalue weighted by molar-refractivity contribution is 5.98. The monoisotopic (exact) mass is 1080 g/mol. The van der Waals surface area contributed by atoms with Gasteiger partial charge >= 0.3 is 0 Å². The summed E-state index contributed by atoms with van der Waals surface area (Å²) in [6.45, 7) is 3.71. The fourth-order valence-corrected chi connectivity index (χ4v) is 10.1. The second-order valence-corrected chi connectivity index (χ2v) is 20.2. The molecular formula is C58H74N12O9. The number of hydrogen-bond acceptors (Lipinski definition) is 10. The Hall–Kier alpha value is -8.33. The third-order valence-corrected chi connectivity index (χ3v) is 14.3. The van der Waals surface area contributed by atoms with Gasteiger partial charge in [-0.05, 0) is 65.6 Å². The number of nitrogens with one attached hydrogen (secondary N) is 10. The van der Waals surface area contributed by atoms with Gasteiger partial charge in [0.15, 0.2) is 5.96 Å². The lowest BCUT2D eigenvalue weighted by atomic mass is 9.97. The molecule has 8 amide bonds. The van der Waals surface area contributed by atoms with Gasteiger partial charge < -0.3 is 62.9 Å². The Bertz CT molecular complexity index is 2950. The predicted molar refractivity (Wildman–Crippen MR) is 299 cm³/mol. The third kappa shape index (κ3) is 16.8. The van der Waals surface area contributed by atoms with Crippen LogP contribution in [0.5, 0.6) is 0 Å². The molecule has 79 heavy (non-hydrogen) atoms. The van der Waals surface area contributed by atoms with E-state index in [4.69, 9.17) is 15.9 Å². The van der Waals surface area contributed by atoms with Gasteiger partial charge in [-0.2, -0.15) is 0 Å². The maximum atomic E-state index is 15.2. The number of guanidine groups is 1. The molecule has 3 heterocycles. The minimum absolute atomic E-state index is 0.00670. The zero-order chi connectivity index (χ0) is 56.3. The van der Waals surface area contributed by atoms with Gasteiger partial charge in [0.05, 0.1) is 12.7 Å². The molecule has 21 nitrogen and oxygen atoms in total. The maximum Gasteiger partial charge on any atom is 0.245 e. The van der Waals surface area contributed by atoms with E-state index in [2.05, 4.69) is 47.5 Å². The van der Waals surface area contributed by atoms with Crippen LogP contribution in [0, 0.1) is 5.41 Å². The normalized spacial score (nSPS) is 21.5. The number of unbranched alkanes of at least 4 members (excludes halogenated alkanes) is 1. The molecule has 2 aliphatic heterocycles. The number of hydrogen-bond donors (Lipinski definition) is 11. The van der Waals surface area contributed by atoms with Crippen LogP contribution in [0.3, 0.4) is 0 Å². The summed E-state index contributed by atoms with van der Waals surface area (Å²) < 4.78 is 6.37. The first kappa shape index (κ1) is 58.4. The van der Waals surface area contributed by atoms with Gasteiger partial charge in [-0.1, -0.05) is 111 Å². The lowest BCUT2D eigenvalue weighted by molar-refractivity contribution is -0.143. The van der Waals surface area contributed by atoms with Gasteiger partial charge in [-0.15, -0.1) is 0 Å². The number of nitrogens with two attached hydrogens (primary N) is 1. The van der Waals surface area contributed by atoms with Gasteiger partial charge in [-0.25, -0.2) is 0 Å². The summed E-state index contributed by atoms with van der Waals surface area (Å²) in [5.41, 5.74) is 8.72. The number of carbonyl (C=O) groups is 8. The van der Waals surface area contributed by atoms with E-state index in [1.165, 1.54) is 11.8 Å². The van der Waals surface area contributed by atoms with Gasteiger partial charge in [0.25, 0.3) is 0 Å². The second kappa shape index (κ2) is 28.9. The largest absolute Gasteiger partial charge is 0.372 e. The molecular weight excluding hydrogens is 1010 g/mol. The van der Waals surface area contributed by atoms with E-state index in [1.54, 1.807) is 6.20 Å². The molecule has 2 fully saturated rings. The second-order valence-electron chi connectivity index (χ2n) is 20.2. The topological polar surface area (TPSA) is 311 Å². The Morgan fingerprint density at radius 1 is 0.772 bits per heavy atom. The number of carbonyl (C=O) groups excluding carboxylic acids is 8. The lowest BCUT2D eigenvalue weighted by Gasteiger charge is -2.31. The summed E-state index contributed by atoms with van der Waals surface area (Å²) in [4.78, 5) is 119. The van der Waals surface area contributed by atoms with Crippen LogP contribution in [-0.4, -0.2) is 132 Å². The number of H-pyrrole nitrogens is 1. The number of fused-ring (bicyclic) bond motifs is 3. The van der Waals surface area contributed by atoms with E-state index >= 15 is 14.4 Å². The summed E-state index contributed by atoms with van der Waals surface area (Å²) in [5, 5.41) is 33.0. The summed E-state index contributed by atoms with van der Waals surface area (Å²) in [7, 11) is 0. The minimum atomic E-state index is -1.36. The Morgan fingerprint density at radius 2 is 1.44 bits per heavy atom. The SMILES string of the molecule is CCCC[C@H](NC(C)=O)C(=O)N[C@H]1CCC(=O)NCCCNC(=O)[C@H](Cc2c[nH]c3ccccc23)NC(=O)[C@H](CCCNC(=N)N)NC(=O)[C@@H](Cc2cccc3ccccc23)NC(=O)C2CC(OCc3ccccc3)CN2C1=O. The number of nitrogens with zero attached hydrogens (tertiary/aromatic N) is 1. The van der Waals surface area contributed by atoms with E-state index in [-0.39, 0.29) is 96.5 Å². The fraction of sp³-hybridized carbons (Fsp3) is 0.431. The van der Waals surface area contributed by atoms with Crippen LogP contribution in [-0.2, 0) is 62.5 Å². The quantitative estimate of drug-likeness (QED) is 0.0365. The molecule has 1 aromatic heterocycles. The molecule has 7 rings (SSSR count). The van der Waals surface area contributed by atoms with Crippen molar-refractivity contribution in [2.45, 2.75) is 133 Å². The minimum Gasteiger partial charge on any atom is -0.372 e. The molecule has 2 aliphatic rings. The van der Waals surface area contributed by atoms with Crippen molar-refractivity contribution in [3.63, 3.8) is 0 Å². The van der Waals surface area contributed by atoms with Crippen LogP contribution < -0.4 is 48.3 Å². The molecule has 21 heteroatoms.